The van der Waals surface area contributed by atoms with Crippen LogP contribution in [0.1, 0.15) is 26.2 Å². The summed E-state index contributed by atoms with van der Waals surface area (Å²) < 4.78 is 0. The molecule has 3 heterocycles. The monoisotopic (exact) mass is 294 g/mol. The van der Waals surface area contributed by atoms with Crippen molar-refractivity contribution >= 4 is 5.91 Å². The Kier molecular flexibility index (Phi) is 4.82. The zero-order valence-corrected chi connectivity index (χ0v) is 13.4. The third-order valence-corrected chi connectivity index (χ3v) is 5.78. The number of hydrogen-bond acceptors (Lipinski definition) is 4. The minimum absolute atomic E-state index is 0.348. The fourth-order valence-electron chi connectivity index (χ4n) is 4.01. The number of carbonyl (C=O) groups excluding carboxylic acids is 1. The maximum atomic E-state index is 12.5. The largest absolute Gasteiger partial charge is 0.342 e. The van der Waals surface area contributed by atoms with Gasteiger partial charge in [-0.1, -0.05) is 6.92 Å². The molecule has 1 amide bonds. The Balaban J connectivity index is 1.42. The van der Waals surface area contributed by atoms with Crippen molar-refractivity contribution in [1.82, 2.24) is 20.0 Å². The zero-order chi connectivity index (χ0) is 14.7. The van der Waals surface area contributed by atoms with Gasteiger partial charge in [-0.05, 0) is 37.8 Å². The van der Waals surface area contributed by atoms with E-state index in [2.05, 4.69) is 26.9 Å². The fraction of sp³-hybridized carbons (Fsp3) is 0.938. The molecule has 0 radical (unpaired) electrons. The Morgan fingerprint density at radius 3 is 2.24 bits per heavy atom. The van der Waals surface area contributed by atoms with Crippen molar-refractivity contribution in [3.05, 3.63) is 0 Å². The van der Waals surface area contributed by atoms with Crippen molar-refractivity contribution in [2.75, 3.05) is 65.4 Å². The second kappa shape index (κ2) is 6.63. The Morgan fingerprint density at radius 1 is 1.00 bits per heavy atom. The molecule has 0 saturated carbocycles. The van der Waals surface area contributed by atoms with Crippen molar-refractivity contribution in [2.24, 2.45) is 5.41 Å². The average molecular weight is 294 g/mol. The first-order valence-corrected chi connectivity index (χ1v) is 8.64. The third kappa shape index (κ3) is 3.58. The number of nitrogens with one attached hydrogen (secondary N) is 1. The van der Waals surface area contributed by atoms with Crippen LogP contribution in [0.5, 0.6) is 0 Å². The highest BCUT2D eigenvalue weighted by molar-refractivity contribution is 5.78. The molecule has 3 rings (SSSR count). The number of nitrogens with zero attached hydrogens (tertiary/aromatic N) is 3. The van der Waals surface area contributed by atoms with Gasteiger partial charge in [0, 0.05) is 45.8 Å². The molecule has 0 unspecified atom stereocenters. The zero-order valence-electron chi connectivity index (χ0n) is 13.4. The molecule has 3 saturated heterocycles. The summed E-state index contributed by atoms with van der Waals surface area (Å²) in [6.45, 7) is 12.5. The number of piperazine rings is 1. The highest BCUT2D eigenvalue weighted by Crippen LogP contribution is 2.36. The van der Waals surface area contributed by atoms with Crippen LogP contribution < -0.4 is 5.32 Å². The number of rotatable bonds is 3. The van der Waals surface area contributed by atoms with Gasteiger partial charge >= 0.3 is 0 Å². The average Bonchev–Trinajstić information content (AvgIpc) is 2.97. The standard InChI is InChI=1S/C16H30N4O/c1-2-18-9-11-19(12-10-18)13-15(21)20-7-4-16(5-8-20)3-6-17-14-16/h17H,2-14H2,1H3. The topological polar surface area (TPSA) is 38.8 Å². The lowest BCUT2D eigenvalue weighted by molar-refractivity contribution is -0.135. The molecule has 3 aliphatic heterocycles. The van der Waals surface area contributed by atoms with E-state index in [-0.39, 0.29) is 0 Å². The Morgan fingerprint density at radius 2 is 1.67 bits per heavy atom. The van der Waals surface area contributed by atoms with E-state index in [1.54, 1.807) is 0 Å². The molecule has 21 heavy (non-hydrogen) atoms. The highest BCUT2D eigenvalue weighted by Gasteiger charge is 2.38. The summed E-state index contributed by atoms with van der Waals surface area (Å²) >= 11 is 0. The molecule has 5 heteroatoms. The van der Waals surface area contributed by atoms with Crippen LogP contribution in [0.15, 0.2) is 0 Å². The summed E-state index contributed by atoms with van der Waals surface area (Å²) in [7, 11) is 0. The van der Waals surface area contributed by atoms with Gasteiger partial charge in [0.2, 0.25) is 5.91 Å². The predicted octanol–water partition coefficient (Wildman–Crippen LogP) is 0.226. The molecule has 0 aromatic heterocycles. The minimum Gasteiger partial charge on any atom is -0.342 e. The van der Waals surface area contributed by atoms with Crippen LogP contribution in [-0.2, 0) is 4.79 Å². The van der Waals surface area contributed by atoms with E-state index in [1.807, 2.05) is 0 Å². The van der Waals surface area contributed by atoms with E-state index < -0.39 is 0 Å². The van der Waals surface area contributed by atoms with Gasteiger partial charge in [-0.3, -0.25) is 9.69 Å². The summed E-state index contributed by atoms with van der Waals surface area (Å²) in [5, 5.41) is 3.49. The lowest BCUT2D eigenvalue weighted by Crippen LogP contribution is -2.51. The molecule has 1 spiro atoms. The van der Waals surface area contributed by atoms with Crippen molar-refractivity contribution in [2.45, 2.75) is 26.2 Å². The van der Waals surface area contributed by atoms with E-state index in [0.29, 0.717) is 17.9 Å². The molecule has 120 valence electrons. The molecule has 0 aromatic carbocycles. The SMILES string of the molecule is CCN1CCN(CC(=O)N2CCC3(CCNC3)CC2)CC1. The number of carbonyl (C=O) groups is 1. The molecule has 0 aliphatic carbocycles. The van der Waals surface area contributed by atoms with Crippen molar-refractivity contribution in [3.63, 3.8) is 0 Å². The third-order valence-electron chi connectivity index (χ3n) is 5.78. The molecule has 0 aromatic rings. The quantitative estimate of drug-likeness (QED) is 0.808. The van der Waals surface area contributed by atoms with Crippen LogP contribution in [0.4, 0.5) is 0 Å². The van der Waals surface area contributed by atoms with Gasteiger partial charge in [0.25, 0.3) is 0 Å². The number of likely N-dealkylation sites (tertiary alicyclic amines) is 1. The number of likely N-dealkylation sites (N-methyl/N-ethyl adjacent to an activating group) is 1. The summed E-state index contributed by atoms with van der Waals surface area (Å²) in [5.74, 6) is 0.348. The predicted molar refractivity (Wildman–Crippen MR) is 84.3 cm³/mol. The van der Waals surface area contributed by atoms with Crippen LogP contribution in [0.3, 0.4) is 0 Å². The summed E-state index contributed by atoms with van der Waals surface area (Å²) in [6.07, 6.45) is 3.68. The lowest BCUT2D eigenvalue weighted by atomic mass is 9.78. The summed E-state index contributed by atoms with van der Waals surface area (Å²) in [6, 6.07) is 0. The molecule has 0 bridgehead atoms. The van der Waals surface area contributed by atoms with Gasteiger partial charge < -0.3 is 15.1 Å². The number of amides is 1. The van der Waals surface area contributed by atoms with E-state index in [1.165, 1.54) is 19.3 Å². The van der Waals surface area contributed by atoms with Crippen molar-refractivity contribution in [3.8, 4) is 0 Å². The van der Waals surface area contributed by atoms with Gasteiger partial charge in [-0.25, -0.2) is 0 Å². The smallest absolute Gasteiger partial charge is 0.236 e. The normalized spacial score (nSPS) is 27.4. The highest BCUT2D eigenvalue weighted by atomic mass is 16.2. The van der Waals surface area contributed by atoms with Gasteiger partial charge in [-0.2, -0.15) is 0 Å². The molecule has 5 nitrogen and oxygen atoms in total. The molecule has 3 fully saturated rings. The van der Waals surface area contributed by atoms with Crippen LogP contribution in [0, 0.1) is 5.41 Å². The van der Waals surface area contributed by atoms with Gasteiger partial charge in [0.15, 0.2) is 0 Å². The Labute approximate surface area is 128 Å². The van der Waals surface area contributed by atoms with E-state index in [9.17, 15) is 4.79 Å². The number of piperidine rings is 1. The maximum Gasteiger partial charge on any atom is 0.236 e. The first kappa shape index (κ1) is 15.3. The Hall–Kier alpha value is -0.650. The maximum absolute atomic E-state index is 12.5. The molecule has 0 atom stereocenters. The van der Waals surface area contributed by atoms with Crippen LogP contribution >= 0.6 is 0 Å². The molecular weight excluding hydrogens is 264 g/mol. The van der Waals surface area contributed by atoms with E-state index in [0.717, 1.165) is 58.9 Å². The van der Waals surface area contributed by atoms with Crippen molar-refractivity contribution < 1.29 is 4.79 Å². The van der Waals surface area contributed by atoms with Crippen molar-refractivity contribution in [1.29, 1.82) is 0 Å². The first-order chi connectivity index (χ1) is 10.2. The fourth-order valence-corrected chi connectivity index (χ4v) is 4.01. The van der Waals surface area contributed by atoms with E-state index in [4.69, 9.17) is 0 Å². The first-order valence-electron chi connectivity index (χ1n) is 8.64. The molecular formula is C16H30N4O. The minimum atomic E-state index is 0.348. The van der Waals surface area contributed by atoms with Crippen LogP contribution in [0.2, 0.25) is 0 Å². The van der Waals surface area contributed by atoms with Gasteiger partial charge in [0.1, 0.15) is 0 Å². The van der Waals surface area contributed by atoms with Gasteiger partial charge in [0.05, 0.1) is 6.54 Å². The molecule has 1 N–H and O–H groups in total. The van der Waals surface area contributed by atoms with E-state index >= 15 is 0 Å². The Bertz CT molecular complexity index is 349. The summed E-state index contributed by atoms with van der Waals surface area (Å²) in [4.78, 5) is 19.4. The lowest BCUT2D eigenvalue weighted by Gasteiger charge is -2.40. The summed E-state index contributed by atoms with van der Waals surface area (Å²) in [5.41, 5.74) is 0.504. The van der Waals surface area contributed by atoms with Gasteiger partial charge in [-0.15, -0.1) is 0 Å². The second-order valence-corrected chi connectivity index (χ2v) is 7.02. The van der Waals surface area contributed by atoms with Crippen LogP contribution in [0.25, 0.3) is 0 Å². The second-order valence-electron chi connectivity index (χ2n) is 7.02. The number of hydrogen-bond donors (Lipinski definition) is 1. The van der Waals surface area contributed by atoms with Crippen LogP contribution in [-0.4, -0.2) is 86.1 Å². The molecule has 3 aliphatic rings.